The molecule has 0 aromatic heterocycles. The van der Waals surface area contributed by atoms with Crippen molar-refractivity contribution in [3.8, 4) is 17.2 Å². The number of nitrogens with zero attached hydrogens (tertiary/aromatic N) is 2. The number of phenolic OH excluding ortho intramolecular Hbond substituents is 1. The van der Waals surface area contributed by atoms with E-state index in [-0.39, 0.29) is 45.4 Å². The van der Waals surface area contributed by atoms with Crippen molar-refractivity contribution in [3.63, 3.8) is 0 Å². The number of halogens is 6. The first-order chi connectivity index (χ1) is 26.6. The molecule has 10 nitrogen and oxygen atoms in total. The second kappa shape index (κ2) is 13.7. The molecule has 8 rings (SSSR count). The van der Waals surface area contributed by atoms with Crippen LogP contribution in [0, 0.1) is 23.7 Å². The fourth-order valence-corrected chi connectivity index (χ4v) is 9.57. The van der Waals surface area contributed by atoms with Gasteiger partial charge in [0.2, 0.25) is 11.8 Å². The summed E-state index contributed by atoms with van der Waals surface area (Å²) in [7, 11) is 1.44. The predicted molar refractivity (Wildman–Crippen MR) is 199 cm³/mol. The van der Waals surface area contributed by atoms with E-state index in [0.717, 1.165) is 28.1 Å². The quantitative estimate of drug-likeness (QED) is 0.141. The van der Waals surface area contributed by atoms with Gasteiger partial charge in [-0.2, -0.15) is 5.01 Å². The van der Waals surface area contributed by atoms with Crippen LogP contribution in [0.15, 0.2) is 96.6 Å². The normalized spacial score (nSPS) is 25.8. The zero-order valence-corrected chi connectivity index (χ0v) is 31.3. The highest BCUT2D eigenvalue weighted by Crippen LogP contribution is 2.65. The van der Waals surface area contributed by atoms with E-state index in [0.29, 0.717) is 16.3 Å². The molecular formula is C40H29Cl3F3N3O7. The van der Waals surface area contributed by atoms with E-state index in [1.807, 2.05) is 0 Å². The third-order valence-corrected chi connectivity index (χ3v) is 12.0. The summed E-state index contributed by atoms with van der Waals surface area (Å²) in [5.74, 6) is -8.78. The van der Waals surface area contributed by atoms with Gasteiger partial charge in [-0.15, -0.1) is 13.2 Å². The third kappa shape index (κ3) is 5.95. The Balaban J connectivity index is 1.35. The Morgan fingerprint density at radius 1 is 0.821 bits per heavy atom. The summed E-state index contributed by atoms with van der Waals surface area (Å²) in [6, 6.07) is 19.8. The Bertz CT molecular complexity index is 2340. The van der Waals surface area contributed by atoms with Crippen LogP contribution in [-0.4, -0.2) is 47.2 Å². The summed E-state index contributed by atoms with van der Waals surface area (Å²) >= 11 is 18.7. The maximum Gasteiger partial charge on any atom is 0.573 e. The Morgan fingerprint density at radius 2 is 1.50 bits per heavy atom. The molecular weight excluding hydrogens is 798 g/mol. The van der Waals surface area contributed by atoms with Gasteiger partial charge in [0.05, 0.1) is 46.7 Å². The molecule has 4 amide bonds. The first kappa shape index (κ1) is 37.7. The van der Waals surface area contributed by atoms with Crippen LogP contribution in [0.3, 0.4) is 0 Å². The first-order valence-corrected chi connectivity index (χ1v) is 18.4. The lowest BCUT2D eigenvalue weighted by Crippen LogP contribution is -2.53. The Hall–Kier alpha value is -5.24. The fourth-order valence-electron chi connectivity index (χ4n) is 8.99. The number of aromatic hydroxyl groups is 1. The van der Waals surface area contributed by atoms with Gasteiger partial charge in [0.15, 0.2) is 0 Å². The van der Waals surface area contributed by atoms with E-state index in [1.165, 1.54) is 37.4 Å². The van der Waals surface area contributed by atoms with Crippen LogP contribution in [0.4, 0.5) is 24.5 Å². The molecule has 1 saturated carbocycles. The number of allylic oxidation sites excluding steroid dienone is 2. The summed E-state index contributed by atoms with van der Waals surface area (Å²) in [6.07, 6.45) is -3.51. The van der Waals surface area contributed by atoms with E-state index in [2.05, 4.69) is 10.2 Å². The number of benzene rings is 4. The molecule has 0 unspecified atom stereocenters. The van der Waals surface area contributed by atoms with E-state index in [4.69, 9.17) is 39.5 Å². The summed E-state index contributed by atoms with van der Waals surface area (Å²) in [6.45, 7) is 0. The van der Waals surface area contributed by atoms with Gasteiger partial charge in [-0.05, 0) is 97.1 Å². The zero-order valence-electron chi connectivity index (χ0n) is 29.0. The largest absolute Gasteiger partial charge is 0.573 e. The second-order valence-electron chi connectivity index (χ2n) is 14.0. The highest BCUT2D eigenvalue weighted by Gasteiger charge is 2.70. The molecule has 16 heteroatoms. The van der Waals surface area contributed by atoms with Gasteiger partial charge in [-0.3, -0.25) is 29.5 Å². The number of rotatable bonds is 7. The van der Waals surface area contributed by atoms with Crippen molar-refractivity contribution in [1.29, 1.82) is 0 Å². The van der Waals surface area contributed by atoms with Crippen LogP contribution in [0.1, 0.15) is 29.9 Å². The van der Waals surface area contributed by atoms with Crippen LogP contribution in [0.2, 0.25) is 15.1 Å². The molecule has 0 radical (unpaired) electrons. The van der Waals surface area contributed by atoms with Gasteiger partial charge < -0.3 is 14.6 Å². The smallest absolute Gasteiger partial charge is 0.508 e. The van der Waals surface area contributed by atoms with E-state index in [9.17, 15) is 32.7 Å². The summed E-state index contributed by atoms with van der Waals surface area (Å²) in [4.78, 5) is 59.8. The molecule has 4 aromatic carbocycles. The highest BCUT2D eigenvalue weighted by molar-refractivity contribution is 6.36. The lowest BCUT2D eigenvalue weighted by molar-refractivity contribution is -0.274. The number of anilines is 2. The van der Waals surface area contributed by atoms with Crippen molar-refractivity contribution in [3.05, 3.63) is 123 Å². The molecule has 3 fully saturated rings. The van der Waals surface area contributed by atoms with Crippen LogP contribution >= 0.6 is 34.8 Å². The summed E-state index contributed by atoms with van der Waals surface area (Å²) in [5.41, 5.74) is 1.83. The van der Waals surface area contributed by atoms with Crippen LogP contribution in [0.25, 0.3) is 0 Å². The first-order valence-electron chi connectivity index (χ1n) is 17.3. The van der Waals surface area contributed by atoms with E-state index in [1.54, 1.807) is 42.5 Å². The highest BCUT2D eigenvalue weighted by atomic mass is 35.5. The molecule has 56 heavy (non-hydrogen) atoms. The minimum atomic E-state index is -5.11. The molecule has 2 N–H and O–H groups in total. The molecule has 0 bridgehead atoms. The molecule has 2 aliphatic carbocycles. The van der Waals surface area contributed by atoms with E-state index >= 15 is 4.79 Å². The average Bonchev–Trinajstić information content (AvgIpc) is 3.54. The van der Waals surface area contributed by atoms with Crippen LogP contribution in [0.5, 0.6) is 17.2 Å². The van der Waals surface area contributed by atoms with Gasteiger partial charge in [0.1, 0.15) is 17.2 Å². The number of nitrogens with one attached hydrogen (secondary N) is 1. The molecule has 4 aliphatic rings. The minimum absolute atomic E-state index is 0.0228. The summed E-state index contributed by atoms with van der Waals surface area (Å²) < 4.78 is 50.6. The number of imide groups is 2. The SMILES string of the molecule is COc1ccc([C@@]23C(=O)N(Nc4ccc(Cl)cc4Cl)C(=O)[C@@H]2C[C@@H]2C(=CC[C@@H]4C(=O)N(c5ccc(Cl)cc5)C(=O)[C@@H]42)[C@@H]3c2cc(OC(F)(F)F)ccc2O)cc1. The number of amides is 4. The number of carbonyl (C=O) groups excluding carboxylic acids is 4. The average molecular weight is 827 g/mol. The van der Waals surface area contributed by atoms with Crippen molar-refractivity contribution in [2.75, 3.05) is 17.4 Å². The number of phenols is 1. The van der Waals surface area contributed by atoms with E-state index < -0.39 is 76.5 Å². The monoisotopic (exact) mass is 825 g/mol. The van der Waals surface area contributed by atoms with Gasteiger partial charge in [0, 0.05) is 21.5 Å². The lowest BCUT2D eigenvalue weighted by Gasteiger charge is -2.50. The molecule has 0 spiro atoms. The number of alkyl halides is 3. The molecule has 288 valence electrons. The van der Waals surface area contributed by atoms with Crippen molar-refractivity contribution in [1.82, 2.24) is 5.01 Å². The van der Waals surface area contributed by atoms with Crippen LogP contribution < -0.4 is 19.8 Å². The van der Waals surface area contributed by atoms with Crippen molar-refractivity contribution >= 4 is 69.8 Å². The zero-order chi connectivity index (χ0) is 39.8. The molecule has 6 atom stereocenters. The Kier molecular flexibility index (Phi) is 9.25. The number of ether oxygens (including phenoxy) is 2. The molecule has 2 heterocycles. The van der Waals surface area contributed by atoms with Gasteiger partial charge >= 0.3 is 6.36 Å². The predicted octanol–water partition coefficient (Wildman–Crippen LogP) is 8.45. The molecule has 2 aliphatic heterocycles. The van der Waals surface area contributed by atoms with Crippen molar-refractivity contribution < 1.29 is 46.9 Å². The van der Waals surface area contributed by atoms with Gasteiger partial charge in [0.25, 0.3) is 11.8 Å². The fraction of sp³-hybridized carbons (Fsp3) is 0.250. The maximum absolute atomic E-state index is 15.4. The lowest BCUT2D eigenvalue weighted by atomic mass is 9.49. The topological polar surface area (TPSA) is 125 Å². The number of fused-ring (bicyclic) bond motifs is 4. The Labute approximate surface area is 332 Å². The van der Waals surface area contributed by atoms with Gasteiger partial charge in [-0.1, -0.05) is 58.6 Å². The van der Waals surface area contributed by atoms with Crippen LogP contribution in [-0.2, 0) is 24.6 Å². The molecule has 4 aromatic rings. The number of methoxy groups -OCH3 is 1. The minimum Gasteiger partial charge on any atom is -0.508 e. The number of hydrogen-bond donors (Lipinski definition) is 2. The number of hydrogen-bond acceptors (Lipinski definition) is 8. The number of hydrazine groups is 1. The third-order valence-electron chi connectivity index (χ3n) is 11.2. The van der Waals surface area contributed by atoms with Gasteiger partial charge in [-0.25, -0.2) is 0 Å². The molecule has 2 saturated heterocycles. The van der Waals surface area contributed by atoms with Crippen molar-refractivity contribution in [2.24, 2.45) is 23.7 Å². The standard InChI is InChI=1S/C40H29Cl3F3N3O7/c1-55-23-9-2-19(3-10-23)39-29(36(52)49(38(39)54)47-31-14-6-21(42)16-30(31)43)18-27-25(34(39)28-17-24(11-15-32(28)50)56-40(44,45)46)12-13-26-33(27)37(53)48(35(26)51)22-7-4-20(41)5-8-22/h2-12,14-17,26-27,29,33-34,47,50H,13,18H2,1H3/t26-,27+,29-,33-,34+,39+/m0/s1. The Morgan fingerprint density at radius 3 is 2.16 bits per heavy atom. The number of carbonyl (C=O) groups is 4. The second-order valence-corrected chi connectivity index (χ2v) is 15.2. The summed E-state index contributed by atoms with van der Waals surface area (Å²) in [5, 5.41) is 13.1. The van der Waals surface area contributed by atoms with Crippen molar-refractivity contribution in [2.45, 2.75) is 30.5 Å². The maximum atomic E-state index is 15.4.